The van der Waals surface area contributed by atoms with E-state index in [0.29, 0.717) is 5.92 Å². The molecule has 0 fully saturated rings. The SMILES string of the molecule is CC1C=Nc2cc(C(C)C)ccc2C1=O. The van der Waals surface area contributed by atoms with Gasteiger partial charge in [0.25, 0.3) is 0 Å². The van der Waals surface area contributed by atoms with E-state index in [4.69, 9.17) is 0 Å². The highest BCUT2D eigenvalue weighted by atomic mass is 16.1. The summed E-state index contributed by atoms with van der Waals surface area (Å²) >= 11 is 0. The first kappa shape index (κ1) is 10.1. The number of rotatable bonds is 1. The zero-order chi connectivity index (χ0) is 11.0. The van der Waals surface area contributed by atoms with Gasteiger partial charge in [-0.25, -0.2) is 0 Å². The minimum Gasteiger partial charge on any atom is -0.293 e. The minimum atomic E-state index is -0.0811. The summed E-state index contributed by atoms with van der Waals surface area (Å²) in [5.74, 6) is 0.567. The Bertz CT molecular complexity index is 432. The van der Waals surface area contributed by atoms with Crippen molar-refractivity contribution in [3.63, 3.8) is 0 Å². The average Bonchev–Trinajstić information content (AvgIpc) is 2.23. The van der Waals surface area contributed by atoms with Crippen LogP contribution in [0.4, 0.5) is 5.69 Å². The molecule has 0 aliphatic carbocycles. The first-order chi connectivity index (χ1) is 7.09. The zero-order valence-corrected chi connectivity index (χ0v) is 9.32. The van der Waals surface area contributed by atoms with Gasteiger partial charge in [0.05, 0.1) is 11.6 Å². The first-order valence-electron chi connectivity index (χ1n) is 5.32. The Morgan fingerprint density at radius 1 is 1.33 bits per heavy atom. The summed E-state index contributed by atoms with van der Waals surface area (Å²) in [6.07, 6.45) is 1.73. The third-order valence-electron chi connectivity index (χ3n) is 2.80. The van der Waals surface area contributed by atoms with Gasteiger partial charge in [-0.15, -0.1) is 0 Å². The van der Waals surface area contributed by atoms with Crippen molar-refractivity contribution in [1.29, 1.82) is 0 Å². The zero-order valence-electron chi connectivity index (χ0n) is 9.32. The standard InChI is InChI=1S/C13H15NO/c1-8(2)10-4-5-11-12(6-10)14-7-9(3)13(11)15/h4-9H,1-3H3. The van der Waals surface area contributed by atoms with Crippen LogP contribution in [-0.2, 0) is 0 Å². The van der Waals surface area contributed by atoms with E-state index in [0.717, 1.165) is 11.3 Å². The monoisotopic (exact) mass is 201 g/mol. The summed E-state index contributed by atoms with van der Waals surface area (Å²) in [6.45, 7) is 6.16. The Morgan fingerprint density at radius 2 is 2.07 bits per heavy atom. The lowest BCUT2D eigenvalue weighted by Crippen LogP contribution is -2.16. The second-order valence-electron chi connectivity index (χ2n) is 4.36. The minimum absolute atomic E-state index is 0.0811. The smallest absolute Gasteiger partial charge is 0.173 e. The van der Waals surface area contributed by atoms with Gasteiger partial charge in [0, 0.05) is 11.8 Å². The Morgan fingerprint density at radius 3 is 2.73 bits per heavy atom. The van der Waals surface area contributed by atoms with Crippen molar-refractivity contribution in [2.45, 2.75) is 26.7 Å². The number of Topliss-reactive ketones (excluding diaryl/α,β-unsaturated/α-hetero) is 1. The second-order valence-corrected chi connectivity index (χ2v) is 4.36. The van der Waals surface area contributed by atoms with Crippen LogP contribution in [0.2, 0.25) is 0 Å². The fourth-order valence-corrected chi connectivity index (χ4v) is 1.73. The fourth-order valence-electron chi connectivity index (χ4n) is 1.73. The van der Waals surface area contributed by atoms with Crippen LogP contribution >= 0.6 is 0 Å². The van der Waals surface area contributed by atoms with E-state index >= 15 is 0 Å². The number of benzene rings is 1. The molecule has 0 radical (unpaired) electrons. The van der Waals surface area contributed by atoms with Crippen LogP contribution in [0.3, 0.4) is 0 Å². The van der Waals surface area contributed by atoms with Gasteiger partial charge in [-0.2, -0.15) is 0 Å². The van der Waals surface area contributed by atoms with Gasteiger partial charge in [0.15, 0.2) is 5.78 Å². The summed E-state index contributed by atoms with van der Waals surface area (Å²) in [5, 5.41) is 0. The van der Waals surface area contributed by atoms with E-state index in [9.17, 15) is 4.79 Å². The summed E-state index contributed by atoms with van der Waals surface area (Å²) < 4.78 is 0. The van der Waals surface area contributed by atoms with E-state index < -0.39 is 0 Å². The molecular formula is C13H15NO. The topological polar surface area (TPSA) is 29.4 Å². The Labute approximate surface area is 90.0 Å². The lowest BCUT2D eigenvalue weighted by atomic mass is 9.93. The molecule has 1 unspecified atom stereocenters. The van der Waals surface area contributed by atoms with Crippen LogP contribution < -0.4 is 0 Å². The normalized spacial score (nSPS) is 19.5. The molecule has 1 atom stereocenters. The van der Waals surface area contributed by atoms with E-state index in [1.807, 2.05) is 25.1 Å². The molecule has 15 heavy (non-hydrogen) atoms. The molecule has 0 saturated carbocycles. The largest absolute Gasteiger partial charge is 0.293 e. The number of nitrogens with zero attached hydrogens (tertiary/aromatic N) is 1. The lowest BCUT2D eigenvalue weighted by molar-refractivity contribution is 0.0962. The number of hydrogen-bond donors (Lipinski definition) is 0. The van der Waals surface area contributed by atoms with Crippen molar-refractivity contribution in [3.8, 4) is 0 Å². The first-order valence-corrected chi connectivity index (χ1v) is 5.32. The second kappa shape index (κ2) is 3.61. The molecule has 0 bridgehead atoms. The van der Waals surface area contributed by atoms with Gasteiger partial charge >= 0.3 is 0 Å². The van der Waals surface area contributed by atoms with E-state index in [1.54, 1.807) is 6.21 Å². The molecule has 78 valence electrons. The molecule has 1 aliphatic heterocycles. The number of hydrogen-bond acceptors (Lipinski definition) is 2. The highest BCUT2D eigenvalue weighted by Gasteiger charge is 2.21. The molecule has 2 nitrogen and oxygen atoms in total. The Hall–Kier alpha value is -1.44. The van der Waals surface area contributed by atoms with Crippen molar-refractivity contribution in [1.82, 2.24) is 0 Å². The third-order valence-corrected chi connectivity index (χ3v) is 2.80. The van der Waals surface area contributed by atoms with E-state index in [2.05, 4.69) is 18.8 Å². The van der Waals surface area contributed by atoms with Crippen molar-refractivity contribution < 1.29 is 4.79 Å². The Kier molecular flexibility index (Phi) is 2.43. The predicted octanol–water partition coefficient (Wildman–Crippen LogP) is 3.34. The molecule has 2 heteroatoms. The number of ketones is 1. The van der Waals surface area contributed by atoms with Gasteiger partial charge < -0.3 is 0 Å². The van der Waals surface area contributed by atoms with Gasteiger partial charge in [0.1, 0.15) is 0 Å². The van der Waals surface area contributed by atoms with E-state index in [1.165, 1.54) is 5.56 Å². The number of fused-ring (bicyclic) bond motifs is 1. The van der Waals surface area contributed by atoms with Gasteiger partial charge in [-0.3, -0.25) is 9.79 Å². The van der Waals surface area contributed by atoms with Crippen LogP contribution in [0.5, 0.6) is 0 Å². The summed E-state index contributed by atoms with van der Waals surface area (Å²) in [7, 11) is 0. The molecule has 2 rings (SSSR count). The average molecular weight is 201 g/mol. The molecule has 1 aliphatic rings. The van der Waals surface area contributed by atoms with Gasteiger partial charge in [0.2, 0.25) is 0 Å². The Balaban J connectivity index is 2.50. The van der Waals surface area contributed by atoms with Crippen molar-refractivity contribution in [2.75, 3.05) is 0 Å². The molecule has 1 aromatic carbocycles. The van der Waals surface area contributed by atoms with Crippen molar-refractivity contribution in [3.05, 3.63) is 29.3 Å². The van der Waals surface area contributed by atoms with Crippen LogP contribution in [-0.4, -0.2) is 12.0 Å². The third kappa shape index (κ3) is 1.72. The molecule has 1 heterocycles. The highest BCUT2D eigenvalue weighted by Crippen LogP contribution is 2.29. The van der Waals surface area contributed by atoms with Crippen LogP contribution in [0.25, 0.3) is 0 Å². The summed E-state index contributed by atoms with van der Waals surface area (Å²) in [6, 6.07) is 5.94. The quantitative estimate of drug-likeness (QED) is 0.685. The molecule has 1 aromatic rings. The maximum absolute atomic E-state index is 11.8. The molecule has 0 saturated heterocycles. The van der Waals surface area contributed by atoms with E-state index in [-0.39, 0.29) is 11.7 Å². The van der Waals surface area contributed by atoms with Crippen LogP contribution in [0.1, 0.15) is 42.6 Å². The van der Waals surface area contributed by atoms with Gasteiger partial charge in [-0.05, 0) is 23.6 Å². The summed E-state index contributed by atoms with van der Waals surface area (Å²) in [5.41, 5.74) is 2.81. The molecule has 0 N–H and O–H groups in total. The molecular weight excluding hydrogens is 186 g/mol. The molecule has 0 aromatic heterocycles. The maximum Gasteiger partial charge on any atom is 0.173 e. The van der Waals surface area contributed by atoms with Crippen molar-refractivity contribution in [2.24, 2.45) is 10.9 Å². The molecule has 0 spiro atoms. The number of aliphatic imine (C=N–C) groups is 1. The predicted molar refractivity (Wildman–Crippen MR) is 62.2 cm³/mol. The van der Waals surface area contributed by atoms with Crippen LogP contribution in [0.15, 0.2) is 23.2 Å². The maximum atomic E-state index is 11.8. The van der Waals surface area contributed by atoms with Gasteiger partial charge in [-0.1, -0.05) is 26.8 Å². The highest BCUT2D eigenvalue weighted by molar-refractivity contribution is 6.11. The lowest BCUT2D eigenvalue weighted by Gasteiger charge is -2.15. The number of carbonyl (C=O) groups excluding carboxylic acids is 1. The van der Waals surface area contributed by atoms with Crippen LogP contribution in [0, 0.1) is 5.92 Å². The number of carbonyl (C=O) groups is 1. The fraction of sp³-hybridized carbons (Fsp3) is 0.385. The van der Waals surface area contributed by atoms with Crippen molar-refractivity contribution >= 4 is 17.7 Å². The molecule has 0 amide bonds. The summed E-state index contributed by atoms with van der Waals surface area (Å²) in [4.78, 5) is 16.1.